The first-order valence-electron chi connectivity index (χ1n) is 7.79. The number of amides is 2. The zero-order chi connectivity index (χ0) is 16.4. The summed E-state index contributed by atoms with van der Waals surface area (Å²) in [6.07, 6.45) is 3.58. The quantitative estimate of drug-likeness (QED) is 0.710. The van der Waals surface area contributed by atoms with Gasteiger partial charge in [-0.2, -0.15) is 0 Å². The van der Waals surface area contributed by atoms with Gasteiger partial charge in [0.15, 0.2) is 0 Å². The number of unbranched alkanes of at least 4 members (excludes halogenated alkanes) is 2. The summed E-state index contributed by atoms with van der Waals surface area (Å²) >= 11 is 5.81. The summed E-state index contributed by atoms with van der Waals surface area (Å²) < 4.78 is 0. The number of benzene rings is 1. The smallest absolute Gasteiger partial charge is 0.224 e. The van der Waals surface area contributed by atoms with E-state index in [4.69, 9.17) is 11.6 Å². The average molecular weight is 325 g/mol. The molecular formula is C17H25ClN2O2. The summed E-state index contributed by atoms with van der Waals surface area (Å²) in [5.74, 6) is 0.0161. The molecule has 5 heteroatoms. The SMILES string of the molecule is CCCCCN(CCNC(=O)Cc1ccc(Cl)cc1)C(C)=O. The molecule has 0 aliphatic carbocycles. The Morgan fingerprint density at radius 1 is 1.14 bits per heavy atom. The van der Waals surface area contributed by atoms with Crippen LogP contribution in [0.2, 0.25) is 5.02 Å². The molecule has 1 N–H and O–H groups in total. The van der Waals surface area contributed by atoms with Crippen LogP contribution < -0.4 is 5.32 Å². The molecule has 0 spiro atoms. The van der Waals surface area contributed by atoms with E-state index in [9.17, 15) is 9.59 Å². The molecule has 1 aromatic carbocycles. The van der Waals surface area contributed by atoms with Crippen molar-refractivity contribution in [1.29, 1.82) is 0 Å². The molecule has 0 aliphatic heterocycles. The largest absolute Gasteiger partial charge is 0.354 e. The molecule has 0 atom stereocenters. The predicted octanol–water partition coefficient (Wildman–Crippen LogP) is 3.04. The molecule has 1 aromatic rings. The molecule has 0 radical (unpaired) electrons. The number of carbonyl (C=O) groups is 2. The maximum atomic E-state index is 11.9. The van der Waals surface area contributed by atoms with Crippen LogP contribution in [-0.2, 0) is 16.0 Å². The van der Waals surface area contributed by atoms with Crippen molar-refractivity contribution in [1.82, 2.24) is 10.2 Å². The lowest BCUT2D eigenvalue weighted by Gasteiger charge is -2.21. The minimum absolute atomic E-state index is 0.0422. The summed E-state index contributed by atoms with van der Waals surface area (Å²) in [7, 11) is 0. The van der Waals surface area contributed by atoms with E-state index in [0.717, 1.165) is 31.4 Å². The highest BCUT2D eigenvalue weighted by Gasteiger charge is 2.09. The normalized spacial score (nSPS) is 10.3. The summed E-state index contributed by atoms with van der Waals surface area (Å²) in [5.41, 5.74) is 0.924. The van der Waals surface area contributed by atoms with Gasteiger partial charge in [-0.3, -0.25) is 9.59 Å². The first kappa shape index (κ1) is 18.5. The number of nitrogens with one attached hydrogen (secondary N) is 1. The fraction of sp³-hybridized carbons (Fsp3) is 0.529. The van der Waals surface area contributed by atoms with Gasteiger partial charge in [-0.05, 0) is 24.1 Å². The van der Waals surface area contributed by atoms with Crippen LogP contribution in [0.3, 0.4) is 0 Å². The zero-order valence-corrected chi connectivity index (χ0v) is 14.2. The third kappa shape index (κ3) is 7.46. The van der Waals surface area contributed by atoms with Crippen LogP contribution in [-0.4, -0.2) is 36.3 Å². The summed E-state index contributed by atoms with van der Waals surface area (Å²) in [6, 6.07) is 7.23. The Balaban J connectivity index is 2.30. The van der Waals surface area contributed by atoms with E-state index in [1.54, 1.807) is 24.0 Å². The molecule has 22 heavy (non-hydrogen) atoms. The molecule has 0 saturated heterocycles. The lowest BCUT2D eigenvalue weighted by atomic mass is 10.1. The highest BCUT2D eigenvalue weighted by molar-refractivity contribution is 6.30. The number of halogens is 1. The Kier molecular flexibility index (Phi) is 8.60. The van der Waals surface area contributed by atoms with E-state index in [0.29, 0.717) is 24.5 Å². The van der Waals surface area contributed by atoms with Crippen LogP contribution >= 0.6 is 11.6 Å². The van der Waals surface area contributed by atoms with E-state index in [1.807, 2.05) is 12.1 Å². The summed E-state index contributed by atoms with van der Waals surface area (Å²) in [4.78, 5) is 25.2. The molecule has 0 heterocycles. The monoisotopic (exact) mass is 324 g/mol. The molecule has 1 rings (SSSR count). The molecular weight excluding hydrogens is 300 g/mol. The van der Waals surface area contributed by atoms with E-state index in [-0.39, 0.29) is 11.8 Å². The van der Waals surface area contributed by atoms with Crippen molar-refractivity contribution in [3.63, 3.8) is 0 Å². The van der Waals surface area contributed by atoms with Gasteiger partial charge in [0, 0.05) is 31.6 Å². The summed E-state index contributed by atoms with van der Waals surface area (Å²) in [6.45, 7) is 5.51. The minimum atomic E-state index is -0.0422. The second-order valence-corrected chi connectivity index (χ2v) is 5.80. The van der Waals surface area contributed by atoms with Crippen LogP contribution in [0.5, 0.6) is 0 Å². The lowest BCUT2D eigenvalue weighted by molar-refractivity contribution is -0.129. The molecule has 0 bridgehead atoms. The van der Waals surface area contributed by atoms with Gasteiger partial charge in [-0.1, -0.05) is 43.5 Å². The van der Waals surface area contributed by atoms with Gasteiger partial charge in [0.2, 0.25) is 11.8 Å². The van der Waals surface area contributed by atoms with Crippen LogP contribution in [0.1, 0.15) is 38.7 Å². The zero-order valence-electron chi connectivity index (χ0n) is 13.4. The molecule has 122 valence electrons. The van der Waals surface area contributed by atoms with Crippen molar-refractivity contribution in [2.75, 3.05) is 19.6 Å². The van der Waals surface area contributed by atoms with Crippen LogP contribution in [0, 0.1) is 0 Å². The van der Waals surface area contributed by atoms with E-state index >= 15 is 0 Å². The Bertz CT molecular complexity index is 474. The van der Waals surface area contributed by atoms with E-state index in [2.05, 4.69) is 12.2 Å². The second kappa shape index (κ2) is 10.2. The van der Waals surface area contributed by atoms with E-state index in [1.165, 1.54) is 0 Å². The Morgan fingerprint density at radius 3 is 2.41 bits per heavy atom. The predicted molar refractivity (Wildman–Crippen MR) is 89.9 cm³/mol. The summed E-state index contributed by atoms with van der Waals surface area (Å²) in [5, 5.41) is 3.52. The maximum Gasteiger partial charge on any atom is 0.224 e. The number of rotatable bonds is 9. The molecule has 0 saturated carbocycles. The van der Waals surface area contributed by atoms with Gasteiger partial charge < -0.3 is 10.2 Å². The van der Waals surface area contributed by atoms with Gasteiger partial charge >= 0.3 is 0 Å². The van der Waals surface area contributed by atoms with Crippen molar-refractivity contribution in [3.8, 4) is 0 Å². The van der Waals surface area contributed by atoms with Gasteiger partial charge in [0.25, 0.3) is 0 Å². The van der Waals surface area contributed by atoms with Crippen LogP contribution in [0.25, 0.3) is 0 Å². The highest BCUT2D eigenvalue weighted by Crippen LogP contribution is 2.09. The second-order valence-electron chi connectivity index (χ2n) is 5.37. The number of nitrogens with zero attached hydrogens (tertiary/aromatic N) is 1. The Labute approximate surface area is 137 Å². The molecule has 0 fully saturated rings. The molecule has 4 nitrogen and oxygen atoms in total. The van der Waals surface area contributed by atoms with Crippen LogP contribution in [0.15, 0.2) is 24.3 Å². The van der Waals surface area contributed by atoms with Crippen molar-refractivity contribution in [2.45, 2.75) is 39.5 Å². The van der Waals surface area contributed by atoms with Crippen LogP contribution in [0.4, 0.5) is 0 Å². The third-order valence-corrected chi connectivity index (χ3v) is 3.71. The maximum absolute atomic E-state index is 11.9. The molecule has 2 amide bonds. The number of hydrogen-bond acceptors (Lipinski definition) is 2. The molecule has 0 aromatic heterocycles. The van der Waals surface area contributed by atoms with Crippen molar-refractivity contribution >= 4 is 23.4 Å². The standard InChI is InChI=1S/C17H25ClN2O2/c1-3-4-5-11-20(14(2)21)12-10-19-17(22)13-15-6-8-16(18)9-7-15/h6-9H,3-5,10-13H2,1-2H3,(H,19,22). The first-order chi connectivity index (χ1) is 10.5. The first-order valence-corrected chi connectivity index (χ1v) is 8.17. The van der Waals surface area contributed by atoms with Gasteiger partial charge in [-0.15, -0.1) is 0 Å². The van der Waals surface area contributed by atoms with Crippen molar-refractivity contribution in [3.05, 3.63) is 34.9 Å². The van der Waals surface area contributed by atoms with Crippen molar-refractivity contribution in [2.24, 2.45) is 0 Å². The molecule has 0 unspecified atom stereocenters. The minimum Gasteiger partial charge on any atom is -0.354 e. The van der Waals surface area contributed by atoms with Gasteiger partial charge in [0.05, 0.1) is 6.42 Å². The van der Waals surface area contributed by atoms with E-state index < -0.39 is 0 Å². The average Bonchev–Trinajstić information content (AvgIpc) is 2.48. The number of hydrogen-bond donors (Lipinski definition) is 1. The lowest BCUT2D eigenvalue weighted by Crippen LogP contribution is -2.38. The van der Waals surface area contributed by atoms with Crippen molar-refractivity contribution < 1.29 is 9.59 Å². The van der Waals surface area contributed by atoms with Gasteiger partial charge in [-0.25, -0.2) is 0 Å². The Hall–Kier alpha value is -1.55. The number of carbonyl (C=O) groups excluding carboxylic acids is 2. The Morgan fingerprint density at radius 2 is 1.82 bits per heavy atom. The fourth-order valence-electron chi connectivity index (χ4n) is 2.16. The third-order valence-electron chi connectivity index (χ3n) is 3.46. The molecule has 0 aliphatic rings. The fourth-order valence-corrected chi connectivity index (χ4v) is 2.29. The van der Waals surface area contributed by atoms with Gasteiger partial charge in [0.1, 0.15) is 0 Å². The topological polar surface area (TPSA) is 49.4 Å². The highest BCUT2D eigenvalue weighted by atomic mass is 35.5.